The number of pyridine rings is 1. The topological polar surface area (TPSA) is 120 Å². The van der Waals surface area contributed by atoms with Crippen molar-refractivity contribution in [3.8, 4) is 11.4 Å². The number of aromatic carboxylic acids is 1. The number of rotatable bonds is 3. The Balaban J connectivity index is 1.60. The number of anilines is 1. The van der Waals surface area contributed by atoms with Crippen LogP contribution in [0.25, 0.3) is 11.4 Å². The van der Waals surface area contributed by atoms with Gasteiger partial charge in [-0.05, 0) is 18.2 Å². The molecule has 4 rings (SSSR count). The molecule has 28 heavy (non-hydrogen) atoms. The van der Waals surface area contributed by atoms with Crippen LogP contribution in [0.2, 0.25) is 0 Å². The average molecular weight is 382 g/mol. The van der Waals surface area contributed by atoms with Gasteiger partial charge in [-0.3, -0.25) is 14.6 Å². The molecule has 0 aromatic carbocycles. The van der Waals surface area contributed by atoms with Crippen LogP contribution in [0, 0.1) is 0 Å². The van der Waals surface area contributed by atoms with Crippen molar-refractivity contribution in [2.24, 2.45) is 0 Å². The fourth-order valence-electron chi connectivity index (χ4n) is 3.45. The van der Waals surface area contributed by atoms with E-state index in [2.05, 4.69) is 15.0 Å². The van der Waals surface area contributed by atoms with Crippen molar-refractivity contribution < 1.29 is 19.5 Å². The van der Waals surface area contributed by atoms with Crippen molar-refractivity contribution in [3.05, 3.63) is 36.2 Å². The van der Waals surface area contributed by atoms with Gasteiger partial charge in [0.25, 0.3) is 0 Å². The molecule has 2 aliphatic rings. The molecule has 0 bridgehead atoms. The molecular weight excluding hydrogens is 364 g/mol. The van der Waals surface area contributed by atoms with Gasteiger partial charge in [0.15, 0.2) is 0 Å². The van der Waals surface area contributed by atoms with Crippen molar-refractivity contribution in [2.75, 3.05) is 38.1 Å². The van der Waals surface area contributed by atoms with E-state index in [1.165, 1.54) is 23.2 Å². The van der Waals surface area contributed by atoms with Crippen LogP contribution in [-0.2, 0) is 9.59 Å². The summed E-state index contributed by atoms with van der Waals surface area (Å²) in [6.07, 6.45) is 2.99. The third-order valence-corrected chi connectivity index (χ3v) is 4.93. The molecule has 0 unspecified atom stereocenters. The zero-order valence-corrected chi connectivity index (χ0v) is 15.1. The van der Waals surface area contributed by atoms with Crippen molar-refractivity contribution >= 4 is 23.7 Å². The molecule has 1 N–H and O–H groups in total. The Labute approximate surface area is 160 Å². The van der Waals surface area contributed by atoms with Gasteiger partial charge >= 0.3 is 5.97 Å². The molecular formula is C18H18N6O4. The molecule has 144 valence electrons. The highest BCUT2D eigenvalue weighted by Crippen LogP contribution is 2.22. The number of fused-ring (bicyclic) bond motifs is 1. The number of carboxylic acids is 1. The number of carbonyl (C=O) groups excluding carboxylic acids is 2. The van der Waals surface area contributed by atoms with Crippen molar-refractivity contribution in [2.45, 2.75) is 6.04 Å². The van der Waals surface area contributed by atoms with Gasteiger partial charge in [-0.15, -0.1) is 0 Å². The highest BCUT2D eigenvalue weighted by molar-refractivity contribution is 5.95. The monoisotopic (exact) mass is 382 g/mol. The van der Waals surface area contributed by atoms with Gasteiger partial charge in [-0.1, -0.05) is 0 Å². The highest BCUT2D eigenvalue weighted by Gasteiger charge is 2.41. The summed E-state index contributed by atoms with van der Waals surface area (Å²) >= 11 is 0. The predicted octanol–water partition coefficient (Wildman–Crippen LogP) is -0.274. The molecule has 0 radical (unpaired) electrons. The molecule has 10 nitrogen and oxygen atoms in total. The largest absolute Gasteiger partial charge is 0.478 e. The van der Waals surface area contributed by atoms with Gasteiger partial charge in [0.2, 0.25) is 17.8 Å². The number of hydrogen-bond acceptors (Lipinski definition) is 7. The Hall–Kier alpha value is -3.56. The summed E-state index contributed by atoms with van der Waals surface area (Å²) in [5, 5.41) is 9.16. The van der Waals surface area contributed by atoms with Crippen molar-refractivity contribution in [3.63, 3.8) is 0 Å². The lowest BCUT2D eigenvalue weighted by molar-refractivity contribution is -0.154. The molecule has 2 amide bonds. The third-order valence-electron chi connectivity index (χ3n) is 4.93. The van der Waals surface area contributed by atoms with Gasteiger partial charge in [0.05, 0.1) is 30.0 Å². The average Bonchev–Trinajstić information content (AvgIpc) is 2.72. The van der Waals surface area contributed by atoms with Gasteiger partial charge in [-0.2, -0.15) is 0 Å². The second-order valence-electron chi connectivity index (χ2n) is 6.72. The Kier molecular flexibility index (Phi) is 4.38. The minimum absolute atomic E-state index is 0.0592. The van der Waals surface area contributed by atoms with Crippen LogP contribution >= 0.6 is 0 Å². The van der Waals surface area contributed by atoms with Crippen LogP contribution in [0.3, 0.4) is 0 Å². The maximum Gasteiger partial charge on any atom is 0.335 e. The second kappa shape index (κ2) is 6.87. The molecule has 4 heterocycles. The molecule has 0 aliphatic carbocycles. The first-order valence-corrected chi connectivity index (χ1v) is 8.76. The SMILES string of the molecule is CN1CC(=O)N2CCN(c3nccc(-c4cc(C(=O)O)ccn4)n3)C[C@@H]2C1=O. The maximum absolute atomic E-state index is 12.5. The summed E-state index contributed by atoms with van der Waals surface area (Å²) in [6, 6.07) is 3.96. The van der Waals surface area contributed by atoms with Gasteiger partial charge < -0.3 is 19.8 Å². The lowest BCUT2D eigenvalue weighted by Gasteiger charge is -2.45. The molecule has 2 aliphatic heterocycles. The number of carboxylic acid groups (broad SMARTS) is 1. The predicted molar refractivity (Wildman–Crippen MR) is 97.6 cm³/mol. The van der Waals surface area contributed by atoms with Crippen molar-refractivity contribution in [1.29, 1.82) is 0 Å². The number of piperazine rings is 2. The Bertz CT molecular complexity index is 965. The van der Waals surface area contributed by atoms with E-state index < -0.39 is 12.0 Å². The molecule has 10 heteroatoms. The first-order valence-electron chi connectivity index (χ1n) is 8.76. The van der Waals surface area contributed by atoms with Crippen LogP contribution in [0.5, 0.6) is 0 Å². The molecule has 2 aromatic heterocycles. The number of likely N-dealkylation sites (N-methyl/N-ethyl adjacent to an activating group) is 1. The van der Waals surface area contributed by atoms with E-state index in [9.17, 15) is 14.4 Å². The molecule has 0 saturated carbocycles. The van der Waals surface area contributed by atoms with E-state index in [-0.39, 0.29) is 23.9 Å². The molecule has 2 saturated heterocycles. The fourth-order valence-corrected chi connectivity index (χ4v) is 3.45. The van der Waals surface area contributed by atoms with Crippen molar-refractivity contribution in [1.82, 2.24) is 24.8 Å². The first-order chi connectivity index (χ1) is 13.4. The molecule has 1 atom stereocenters. The lowest BCUT2D eigenvalue weighted by Crippen LogP contribution is -2.66. The lowest BCUT2D eigenvalue weighted by atomic mass is 10.1. The first kappa shape index (κ1) is 17.8. The summed E-state index contributed by atoms with van der Waals surface area (Å²) in [5.41, 5.74) is 1.03. The Morgan fingerprint density at radius 1 is 1.14 bits per heavy atom. The summed E-state index contributed by atoms with van der Waals surface area (Å²) in [5.74, 6) is -0.792. The molecule has 2 fully saturated rings. The van der Waals surface area contributed by atoms with Crippen LogP contribution in [0.4, 0.5) is 5.95 Å². The Morgan fingerprint density at radius 3 is 2.71 bits per heavy atom. The minimum atomic E-state index is -1.04. The van der Waals surface area contributed by atoms with E-state index in [4.69, 9.17) is 5.11 Å². The zero-order chi connectivity index (χ0) is 19.8. The van der Waals surface area contributed by atoms with E-state index in [1.54, 1.807) is 24.2 Å². The van der Waals surface area contributed by atoms with Crippen LogP contribution in [0.1, 0.15) is 10.4 Å². The summed E-state index contributed by atoms with van der Waals surface area (Å²) in [7, 11) is 1.62. The normalized spacial score (nSPS) is 19.6. The third kappa shape index (κ3) is 3.13. The summed E-state index contributed by atoms with van der Waals surface area (Å²) < 4.78 is 0. The standard InChI is InChI=1S/C18H18N6O4/c1-22-10-15(25)24-7-6-23(9-14(24)16(22)26)18-20-5-3-12(21-18)13-8-11(17(27)28)2-4-19-13/h2-5,8,14H,6-7,9-10H2,1H3,(H,27,28)/t14-/m1/s1. The molecule has 2 aromatic rings. The quantitative estimate of drug-likeness (QED) is 0.770. The number of nitrogens with zero attached hydrogens (tertiary/aromatic N) is 6. The Morgan fingerprint density at radius 2 is 1.93 bits per heavy atom. The van der Waals surface area contributed by atoms with E-state index in [0.29, 0.717) is 37.0 Å². The van der Waals surface area contributed by atoms with Gasteiger partial charge in [0.1, 0.15) is 6.04 Å². The number of amides is 2. The zero-order valence-electron chi connectivity index (χ0n) is 15.1. The maximum atomic E-state index is 12.5. The number of aromatic nitrogens is 3. The number of carbonyl (C=O) groups is 3. The van der Waals surface area contributed by atoms with Crippen LogP contribution in [-0.4, -0.2) is 86.9 Å². The highest BCUT2D eigenvalue weighted by atomic mass is 16.4. The van der Waals surface area contributed by atoms with E-state index in [1.807, 2.05) is 4.90 Å². The molecule has 0 spiro atoms. The van der Waals surface area contributed by atoms with Gasteiger partial charge in [-0.25, -0.2) is 14.8 Å². The fraction of sp³-hybridized carbons (Fsp3) is 0.333. The minimum Gasteiger partial charge on any atom is -0.478 e. The van der Waals surface area contributed by atoms with E-state index in [0.717, 1.165) is 0 Å². The van der Waals surface area contributed by atoms with Crippen LogP contribution < -0.4 is 4.90 Å². The smallest absolute Gasteiger partial charge is 0.335 e. The van der Waals surface area contributed by atoms with Gasteiger partial charge in [0, 0.05) is 32.5 Å². The summed E-state index contributed by atoms with van der Waals surface area (Å²) in [6.45, 7) is 1.34. The number of hydrogen-bond donors (Lipinski definition) is 1. The second-order valence-corrected chi connectivity index (χ2v) is 6.72. The summed E-state index contributed by atoms with van der Waals surface area (Å²) in [4.78, 5) is 53.7. The van der Waals surface area contributed by atoms with E-state index >= 15 is 0 Å². The van der Waals surface area contributed by atoms with Crippen LogP contribution in [0.15, 0.2) is 30.6 Å².